The van der Waals surface area contributed by atoms with Gasteiger partial charge in [0.15, 0.2) is 0 Å². The molecule has 6 heteroatoms. The van der Waals surface area contributed by atoms with E-state index in [-0.39, 0.29) is 11.8 Å². The van der Waals surface area contributed by atoms with E-state index < -0.39 is 0 Å². The summed E-state index contributed by atoms with van der Waals surface area (Å²) >= 11 is 0. The molecule has 1 amide bonds. The highest BCUT2D eigenvalue weighted by molar-refractivity contribution is 5.79. The molecule has 2 aromatic heterocycles. The van der Waals surface area contributed by atoms with E-state index in [1.807, 2.05) is 36.3 Å². The first kappa shape index (κ1) is 21.3. The third kappa shape index (κ3) is 4.52. The van der Waals surface area contributed by atoms with Crippen LogP contribution in [0.15, 0.2) is 73.1 Å². The normalized spacial score (nSPS) is 17.5. The predicted octanol–water partition coefficient (Wildman–Crippen LogP) is 3.77. The summed E-state index contributed by atoms with van der Waals surface area (Å²) < 4.78 is 2.16. The Morgan fingerprint density at radius 2 is 1.76 bits per heavy atom. The number of hydrogen-bond donors (Lipinski definition) is 0. The summed E-state index contributed by atoms with van der Waals surface area (Å²) in [5, 5.41) is 0. The molecule has 3 heterocycles. The summed E-state index contributed by atoms with van der Waals surface area (Å²) in [4.78, 5) is 26.4. The number of para-hydroxylation sites is 2. The van der Waals surface area contributed by atoms with Gasteiger partial charge < -0.3 is 9.47 Å². The molecule has 1 fully saturated rings. The third-order valence-corrected chi connectivity index (χ3v) is 6.63. The Morgan fingerprint density at radius 1 is 0.939 bits per heavy atom. The fourth-order valence-electron chi connectivity index (χ4n) is 4.68. The molecule has 1 aliphatic rings. The fraction of sp³-hybridized carbons (Fsp3) is 0.296. The molecule has 33 heavy (non-hydrogen) atoms. The van der Waals surface area contributed by atoms with Gasteiger partial charge in [0.1, 0.15) is 5.82 Å². The molecule has 0 saturated carbocycles. The van der Waals surface area contributed by atoms with Gasteiger partial charge in [-0.2, -0.15) is 0 Å². The molecule has 0 spiro atoms. The van der Waals surface area contributed by atoms with Crippen molar-refractivity contribution in [3.8, 4) is 11.1 Å². The third-order valence-electron chi connectivity index (χ3n) is 6.63. The lowest BCUT2D eigenvalue weighted by Crippen LogP contribution is -2.34. The number of aryl methyl sites for hydroxylation is 1. The largest absolute Gasteiger partial charge is 0.344 e. The molecular formula is C27H29N5O. The average Bonchev–Trinajstić information content (AvgIpc) is 3.10. The summed E-state index contributed by atoms with van der Waals surface area (Å²) in [5.41, 5.74) is 5.57. The molecule has 1 atom stereocenters. The van der Waals surface area contributed by atoms with Crippen molar-refractivity contribution in [2.75, 3.05) is 26.7 Å². The maximum Gasteiger partial charge on any atom is 0.227 e. The van der Waals surface area contributed by atoms with Gasteiger partial charge in [-0.05, 0) is 41.3 Å². The van der Waals surface area contributed by atoms with Crippen LogP contribution >= 0.6 is 0 Å². The zero-order chi connectivity index (χ0) is 22.8. The number of fused-ring (bicyclic) bond motifs is 1. The standard InChI is InChI=1S/C27H29N5O/c1-30-14-15-32(19-26-29-24-7-3-4-8-25(24)31(26)2)18-23(27(30)33)16-20-9-11-21(12-10-20)22-6-5-13-28-17-22/h3-13,17,23H,14-16,18-19H2,1-2H3. The number of nitrogens with zero attached hydrogens (tertiary/aromatic N) is 5. The highest BCUT2D eigenvalue weighted by Crippen LogP contribution is 2.23. The van der Waals surface area contributed by atoms with Crippen molar-refractivity contribution < 1.29 is 4.79 Å². The average molecular weight is 440 g/mol. The van der Waals surface area contributed by atoms with E-state index in [4.69, 9.17) is 4.98 Å². The minimum Gasteiger partial charge on any atom is -0.344 e. The van der Waals surface area contributed by atoms with Crippen molar-refractivity contribution in [2.24, 2.45) is 13.0 Å². The van der Waals surface area contributed by atoms with Gasteiger partial charge >= 0.3 is 0 Å². The lowest BCUT2D eigenvalue weighted by atomic mass is 9.96. The van der Waals surface area contributed by atoms with Crippen LogP contribution in [0.25, 0.3) is 22.2 Å². The topological polar surface area (TPSA) is 54.3 Å². The second-order valence-electron chi connectivity index (χ2n) is 8.91. The van der Waals surface area contributed by atoms with Crippen LogP contribution in [0, 0.1) is 5.92 Å². The van der Waals surface area contributed by atoms with Crippen LogP contribution < -0.4 is 0 Å². The highest BCUT2D eigenvalue weighted by atomic mass is 16.2. The zero-order valence-electron chi connectivity index (χ0n) is 19.2. The van der Waals surface area contributed by atoms with Crippen LogP contribution in [0.1, 0.15) is 11.4 Å². The van der Waals surface area contributed by atoms with Gasteiger partial charge in [0.2, 0.25) is 5.91 Å². The molecule has 2 aromatic carbocycles. The molecule has 5 rings (SSSR count). The van der Waals surface area contributed by atoms with E-state index in [0.29, 0.717) is 0 Å². The number of hydrogen-bond acceptors (Lipinski definition) is 4. The number of rotatable bonds is 5. The second-order valence-corrected chi connectivity index (χ2v) is 8.91. The SMILES string of the molecule is CN1CCN(Cc2nc3ccccc3n2C)CC(Cc2ccc(-c3cccnc3)cc2)C1=O. The molecule has 4 aromatic rings. The monoisotopic (exact) mass is 439 g/mol. The number of carbonyl (C=O) groups excluding carboxylic acids is 1. The predicted molar refractivity (Wildman–Crippen MR) is 130 cm³/mol. The van der Waals surface area contributed by atoms with Gasteiger partial charge in [0.25, 0.3) is 0 Å². The van der Waals surface area contributed by atoms with E-state index in [1.165, 1.54) is 5.56 Å². The number of benzene rings is 2. The maximum atomic E-state index is 13.1. The first-order valence-electron chi connectivity index (χ1n) is 11.5. The van der Waals surface area contributed by atoms with E-state index in [1.54, 1.807) is 6.20 Å². The molecule has 0 N–H and O–H groups in total. The van der Waals surface area contributed by atoms with Crippen LogP contribution in [0.5, 0.6) is 0 Å². The van der Waals surface area contributed by atoms with E-state index in [0.717, 1.165) is 60.6 Å². The van der Waals surface area contributed by atoms with Crippen molar-refractivity contribution in [1.29, 1.82) is 0 Å². The molecule has 6 nitrogen and oxygen atoms in total. The minimum absolute atomic E-state index is 0.0728. The Morgan fingerprint density at radius 3 is 2.52 bits per heavy atom. The first-order chi connectivity index (χ1) is 16.1. The number of aromatic nitrogens is 3. The number of amides is 1. The molecular weight excluding hydrogens is 410 g/mol. The summed E-state index contributed by atoms with van der Waals surface area (Å²) in [6, 6.07) is 20.7. The molecule has 0 radical (unpaired) electrons. The van der Waals surface area contributed by atoms with Gasteiger partial charge in [-0.15, -0.1) is 0 Å². The minimum atomic E-state index is -0.0728. The van der Waals surface area contributed by atoms with Crippen molar-refractivity contribution in [2.45, 2.75) is 13.0 Å². The number of pyridine rings is 1. The highest BCUT2D eigenvalue weighted by Gasteiger charge is 2.29. The van der Waals surface area contributed by atoms with Crippen LogP contribution in [0.3, 0.4) is 0 Å². The molecule has 1 unspecified atom stereocenters. The van der Waals surface area contributed by atoms with Crippen molar-refractivity contribution in [1.82, 2.24) is 24.3 Å². The van der Waals surface area contributed by atoms with E-state index in [2.05, 4.69) is 64.0 Å². The van der Waals surface area contributed by atoms with Gasteiger partial charge in [-0.3, -0.25) is 14.7 Å². The van der Waals surface area contributed by atoms with Gasteiger partial charge in [-0.1, -0.05) is 42.5 Å². The first-order valence-corrected chi connectivity index (χ1v) is 11.5. The molecule has 0 bridgehead atoms. The Kier molecular flexibility index (Phi) is 5.92. The Bertz CT molecular complexity index is 1250. The summed E-state index contributed by atoms with van der Waals surface area (Å²) in [7, 11) is 3.99. The van der Waals surface area contributed by atoms with Crippen molar-refractivity contribution in [3.05, 3.63) is 84.4 Å². The van der Waals surface area contributed by atoms with Crippen molar-refractivity contribution in [3.63, 3.8) is 0 Å². The van der Waals surface area contributed by atoms with Gasteiger partial charge in [-0.25, -0.2) is 4.98 Å². The summed E-state index contributed by atoms with van der Waals surface area (Å²) in [6.07, 6.45) is 4.39. The number of carbonyl (C=O) groups is 1. The quantitative estimate of drug-likeness (QED) is 0.475. The van der Waals surface area contributed by atoms with Crippen LogP contribution in [-0.2, 0) is 24.8 Å². The number of imidazole rings is 1. The van der Waals surface area contributed by atoms with Crippen LogP contribution in [0.4, 0.5) is 0 Å². The van der Waals surface area contributed by atoms with Crippen LogP contribution in [-0.4, -0.2) is 56.9 Å². The Balaban J connectivity index is 1.33. The second kappa shape index (κ2) is 9.16. The fourth-order valence-corrected chi connectivity index (χ4v) is 4.68. The molecule has 0 aliphatic carbocycles. The summed E-state index contributed by atoms with van der Waals surface area (Å²) in [6.45, 7) is 3.06. The lowest BCUT2D eigenvalue weighted by molar-refractivity contribution is -0.133. The van der Waals surface area contributed by atoms with E-state index >= 15 is 0 Å². The number of likely N-dealkylation sites (N-methyl/N-ethyl adjacent to an activating group) is 1. The van der Waals surface area contributed by atoms with Gasteiger partial charge in [0, 0.05) is 46.1 Å². The molecule has 1 saturated heterocycles. The van der Waals surface area contributed by atoms with Crippen LogP contribution in [0.2, 0.25) is 0 Å². The van der Waals surface area contributed by atoms with Crippen molar-refractivity contribution >= 4 is 16.9 Å². The summed E-state index contributed by atoms with van der Waals surface area (Å²) in [5.74, 6) is 1.18. The Hall–Kier alpha value is -3.51. The van der Waals surface area contributed by atoms with Gasteiger partial charge in [0.05, 0.1) is 23.5 Å². The Labute approximate surface area is 194 Å². The maximum absolute atomic E-state index is 13.1. The molecule has 168 valence electrons. The zero-order valence-corrected chi connectivity index (χ0v) is 19.2. The smallest absolute Gasteiger partial charge is 0.227 e. The molecule has 1 aliphatic heterocycles. The van der Waals surface area contributed by atoms with E-state index in [9.17, 15) is 4.79 Å². The lowest BCUT2D eigenvalue weighted by Gasteiger charge is -2.23.